The smallest absolute Gasteiger partial charge is 0.382 e. The van der Waals surface area contributed by atoms with Crippen LogP contribution in [0.1, 0.15) is 5.56 Å². The summed E-state index contributed by atoms with van der Waals surface area (Å²) < 4.78 is 24.6. The number of carbonyl (C=O) groups is 2. The van der Waals surface area contributed by atoms with Crippen LogP contribution in [-0.4, -0.2) is 32.3 Å². The van der Waals surface area contributed by atoms with Gasteiger partial charge >= 0.3 is 10.6 Å². The predicted octanol–water partition coefficient (Wildman–Crippen LogP) is 2.64. The highest BCUT2D eigenvalue weighted by atomic mass is 32.3. The summed E-state index contributed by atoms with van der Waals surface area (Å²) in [5, 5.41) is 14.2. The second kappa shape index (κ2) is 6.28. The molecule has 0 radical (unpaired) electrons. The third-order valence-electron chi connectivity index (χ3n) is 1.87. The van der Waals surface area contributed by atoms with Crippen LogP contribution in [0.2, 0.25) is 0 Å². The van der Waals surface area contributed by atoms with Crippen molar-refractivity contribution in [2.75, 3.05) is 0 Å². The standard InChI is InChI=1S/C9H9NO6S3/c1-6-4-2-3-5-7(6)19(15,16)10(17-8(11)12)18-9(13)14/h2-5H,1H3,(H,11,12)(H,13,14). The second-order valence-corrected chi connectivity index (χ2v) is 7.42. The van der Waals surface area contributed by atoms with Crippen molar-refractivity contribution in [1.29, 1.82) is 0 Å². The van der Waals surface area contributed by atoms with Gasteiger partial charge in [-0.2, -0.15) is 0 Å². The molecule has 1 rings (SSSR count). The minimum absolute atomic E-state index is 0.117. The molecule has 0 aliphatic carbocycles. The fraction of sp³-hybridized carbons (Fsp3) is 0.111. The summed E-state index contributed by atoms with van der Waals surface area (Å²) in [6.07, 6.45) is 0. The van der Waals surface area contributed by atoms with Gasteiger partial charge in [0.2, 0.25) is 0 Å². The molecule has 10 heteroatoms. The normalized spacial score (nSPS) is 11.5. The highest BCUT2D eigenvalue weighted by molar-refractivity contribution is 8.32. The van der Waals surface area contributed by atoms with Gasteiger partial charge in [-0.15, -0.1) is 0 Å². The van der Waals surface area contributed by atoms with E-state index in [9.17, 15) is 18.0 Å². The number of benzene rings is 1. The van der Waals surface area contributed by atoms with Gasteiger partial charge in [-0.3, -0.25) is 0 Å². The SMILES string of the molecule is Cc1ccccc1S(=O)(=O)N(SC(=O)O)SC(=O)O. The maximum absolute atomic E-state index is 12.2. The van der Waals surface area contributed by atoms with Crippen molar-refractivity contribution in [3.05, 3.63) is 29.8 Å². The Morgan fingerprint density at radius 1 is 1.11 bits per heavy atom. The second-order valence-electron chi connectivity index (χ2n) is 3.18. The van der Waals surface area contributed by atoms with E-state index in [2.05, 4.69) is 0 Å². The van der Waals surface area contributed by atoms with E-state index in [0.29, 0.717) is 5.56 Å². The summed E-state index contributed by atoms with van der Waals surface area (Å²) in [4.78, 5) is 21.1. The van der Waals surface area contributed by atoms with Crippen LogP contribution in [0.15, 0.2) is 29.2 Å². The van der Waals surface area contributed by atoms with Gasteiger partial charge in [0, 0.05) is 0 Å². The Kier molecular flexibility index (Phi) is 5.23. The molecule has 0 fully saturated rings. The molecule has 7 nitrogen and oxygen atoms in total. The Morgan fingerprint density at radius 2 is 1.58 bits per heavy atom. The fourth-order valence-corrected chi connectivity index (χ4v) is 4.49. The van der Waals surface area contributed by atoms with E-state index in [4.69, 9.17) is 10.2 Å². The van der Waals surface area contributed by atoms with Crippen LogP contribution >= 0.6 is 23.9 Å². The number of aryl methyl sites for hydroxylation is 1. The number of carboxylic acid groups (broad SMARTS) is 2. The van der Waals surface area contributed by atoms with Gasteiger partial charge < -0.3 is 10.2 Å². The first-order valence-electron chi connectivity index (χ1n) is 4.68. The zero-order chi connectivity index (χ0) is 14.6. The first-order chi connectivity index (χ1) is 8.75. The third-order valence-corrected chi connectivity index (χ3v) is 5.96. The molecule has 0 unspecified atom stereocenters. The molecule has 0 amide bonds. The zero-order valence-electron chi connectivity index (χ0n) is 9.51. The molecular weight excluding hydrogens is 314 g/mol. The average molecular weight is 323 g/mol. The molecule has 0 heterocycles. The Bertz CT molecular complexity index is 584. The van der Waals surface area contributed by atoms with Gasteiger partial charge in [0.25, 0.3) is 10.0 Å². The third kappa shape index (κ3) is 4.13. The molecule has 0 aliphatic rings. The summed E-state index contributed by atoms with van der Waals surface area (Å²) in [5.74, 6) is 0. The fourth-order valence-electron chi connectivity index (χ4n) is 1.17. The highest BCUT2D eigenvalue weighted by Crippen LogP contribution is 2.32. The maximum atomic E-state index is 12.2. The summed E-state index contributed by atoms with van der Waals surface area (Å²) >= 11 is -0.235. The molecule has 1 aromatic rings. The molecular formula is C9H9NO6S3. The van der Waals surface area contributed by atoms with Gasteiger partial charge in [0.1, 0.15) is 0 Å². The Hall–Kier alpha value is -1.23. The van der Waals surface area contributed by atoms with Crippen LogP contribution in [0, 0.1) is 6.92 Å². The Morgan fingerprint density at radius 3 is 2.00 bits per heavy atom. The van der Waals surface area contributed by atoms with Gasteiger partial charge in [-0.05, 0) is 18.6 Å². The molecule has 0 saturated carbocycles. The van der Waals surface area contributed by atoms with Crippen LogP contribution in [-0.2, 0) is 10.0 Å². The molecule has 0 spiro atoms. The summed E-state index contributed by atoms with van der Waals surface area (Å²) in [7, 11) is -4.22. The van der Waals surface area contributed by atoms with E-state index in [-0.39, 0.29) is 31.9 Å². The maximum Gasteiger partial charge on any atom is 0.382 e. The van der Waals surface area contributed by atoms with Crippen molar-refractivity contribution in [2.45, 2.75) is 11.8 Å². The van der Waals surface area contributed by atoms with Crippen molar-refractivity contribution >= 4 is 44.5 Å². The first-order valence-corrected chi connectivity index (χ1v) is 7.66. The van der Waals surface area contributed by atoms with Crippen molar-refractivity contribution < 1.29 is 28.2 Å². The van der Waals surface area contributed by atoms with Crippen molar-refractivity contribution in [2.24, 2.45) is 0 Å². The van der Waals surface area contributed by atoms with E-state index < -0.39 is 20.6 Å². The first kappa shape index (κ1) is 15.8. The lowest BCUT2D eigenvalue weighted by Gasteiger charge is -2.16. The molecule has 0 aliphatic heterocycles. The molecule has 1 aromatic carbocycles. The molecule has 0 aromatic heterocycles. The van der Waals surface area contributed by atoms with Gasteiger partial charge in [0.05, 0.1) is 28.8 Å². The number of hydrogen-bond acceptors (Lipinski definition) is 6. The molecule has 19 heavy (non-hydrogen) atoms. The lowest BCUT2D eigenvalue weighted by Crippen LogP contribution is -2.22. The van der Waals surface area contributed by atoms with E-state index in [1.54, 1.807) is 6.07 Å². The summed E-state index contributed by atoms with van der Waals surface area (Å²) in [6.45, 7) is 1.53. The number of rotatable bonds is 4. The van der Waals surface area contributed by atoms with Crippen LogP contribution in [0.4, 0.5) is 9.59 Å². The van der Waals surface area contributed by atoms with Crippen molar-refractivity contribution in [3.8, 4) is 0 Å². The summed E-state index contributed by atoms with van der Waals surface area (Å²) in [6, 6.07) is 5.90. The van der Waals surface area contributed by atoms with Crippen molar-refractivity contribution in [3.63, 3.8) is 0 Å². The minimum atomic E-state index is -4.22. The molecule has 104 valence electrons. The van der Waals surface area contributed by atoms with E-state index in [0.717, 1.165) is 0 Å². The van der Waals surface area contributed by atoms with E-state index in [1.807, 2.05) is 0 Å². The van der Waals surface area contributed by atoms with Crippen LogP contribution in [0.25, 0.3) is 0 Å². The topological polar surface area (TPSA) is 112 Å². The van der Waals surface area contributed by atoms with Crippen LogP contribution < -0.4 is 0 Å². The molecule has 0 saturated heterocycles. The molecule has 0 bridgehead atoms. The van der Waals surface area contributed by atoms with Crippen LogP contribution in [0.5, 0.6) is 0 Å². The summed E-state index contributed by atoms with van der Waals surface area (Å²) in [5.41, 5.74) is 0.393. The van der Waals surface area contributed by atoms with E-state index in [1.165, 1.54) is 25.1 Å². The van der Waals surface area contributed by atoms with Crippen molar-refractivity contribution in [1.82, 2.24) is 3.12 Å². The average Bonchev–Trinajstić information content (AvgIpc) is 2.27. The zero-order valence-corrected chi connectivity index (χ0v) is 12.0. The lowest BCUT2D eigenvalue weighted by molar-refractivity contribution is 0.221. The van der Waals surface area contributed by atoms with Gasteiger partial charge in [-0.1, -0.05) is 21.3 Å². The number of hydrogen-bond donors (Lipinski definition) is 2. The molecule has 0 atom stereocenters. The van der Waals surface area contributed by atoms with Gasteiger partial charge in [0.15, 0.2) is 0 Å². The minimum Gasteiger partial charge on any atom is -0.472 e. The molecule has 2 N–H and O–H groups in total. The highest BCUT2D eigenvalue weighted by Gasteiger charge is 2.32. The number of nitrogens with zero attached hydrogens (tertiary/aromatic N) is 1. The van der Waals surface area contributed by atoms with E-state index >= 15 is 0 Å². The predicted molar refractivity (Wildman–Crippen MR) is 71.4 cm³/mol. The Balaban J connectivity index is 3.23. The van der Waals surface area contributed by atoms with Gasteiger partial charge in [-0.25, -0.2) is 18.0 Å². The Labute approximate surface area is 117 Å². The monoisotopic (exact) mass is 323 g/mol. The lowest BCUT2D eigenvalue weighted by atomic mass is 10.2. The van der Waals surface area contributed by atoms with Crippen LogP contribution in [0.3, 0.4) is 0 Å². The number of sulfonamides is 1. The quantitative estimate of drug-likeness (QED) is 0.813. The largest absolute Gasteiger partial charge is 0.472 e.